The Morgan fingerprint density at radius 1 is 1.41 bits per heavy atom. The van der Waals surface area contributed by atoms with Gasteiger partial charge in [0.05, 0.1) is 19.9 Å². The number of nitrogens with zero attached hydrogens (tertiary/aromatic N) is 3. The van der Waals surface area contributed by atoms with Gasteiger partial charge in [-0.05, 0) is 20.8 Å². The number of rotatable bonds is 5. The molecule has 0 saturated heterocycles. The number of carbonyl (C=O) groups is 3. The summed E-state index contributed by atoms with van der Waals surface area (Å²) < 4.78 is 10.7. The lowest BCUT2D eigenvalue weighted by Gasteiger charge is -2.22. The number of aromatic nitrogens is 3. The van der Waals surface area contributed by atoms with E-state index in [0.29, 0.717) is 0 Å². The number of ether oxygens (including phenoxy) is 2. The summed E-state index contributed by atoms with van der Waals surface area (Å²) in [5.74, 6) is -1.97. The van der Waals surface area contributed by atoms with Gasteiger partial charge in [0.25, 0.3) is 0 Å². The lowest BCUT2D eigenvalue weighted by atomic mass is 10.2. The second-order valence-corrected chi connectivity index (χ2v) is 5.35. The number of hydrogen-bond donors (Lipinski definition) is 2. The van der Waals surface area contributed by atoms with E-state index in [1.54, 1.807) is 20.8 Å². The molecule has 0 saturated carbocycles. The number of nitrogens with one attached hydrogen (secondary N) is 1. The molecule has 1 aromatic rings. The van der Waals surface area contributed by atoms with Gasteiger partial charge in [0.2, 0.25) is 0 Å². The first kappa shape index (κ1) is 17.4. The summed E-state index contributed by atoms with van der Waals surface area (Å²) in [6, 6.07) is -1.09. The highest BCUT2D eigenvalue weighted by Gasteiger charge is 2.26. The molecule has 1 atom stereocenters. The number of alkyl carbamates (subject to hydrolysis) is 1. The quantitative estimate of drug-likeness (QED) is 0.728. The Morgan fingerprint density at radius 3 is 2.50 bits per heavy atom. The average molecular weight is 314 g/mol. The molecule has 10 nitrogen and oxygen atoms in total. The Balaban J connectivity index is 2.78. The summed E-state index contributed by atoms with van der Waals surface area (Å²) >= 11 is 0. The molecular weight excluding hydrogens is 296 g/mol. The van der Waals surface area contributed by atoms with Crippen molar-refractivity contribution < 1.29 is 29.0 Å². The van der Waals surface area contributed by atoms with Crippen LogP contribution in [0.2, 0.25) is 0 Å². The van der Waals surface area contributed by atoms with Crippen LogP contribution in [0.3, 0.4) is 0 Å². The van der Waals surface area contributed by atoms with Crippen molar-refractivity contribution in [3.8, 4) is 0 Å². The maximum Gasteiger partial charge on any atom is 0.408 e. The standard InChI is InChI=1S/C12H18N4O6/c1-12(2,3)22-11(20)13-8(10(19)21-4)6-16-5-7(9(17)18)14-15-16/h5,8H,6H2,1-4H3,(H,13,20)(H,17,18). The fourth-order valence-electron chi connectivity index (χ4n) is 1.44. The molecule has 0 aliphatic rings. The molecule has 122 valence electrons. The Hall–Kier alpha value is -2.65. The maximum absolute atomic E-state index is 11.7. The summed E-state index contributed by atoms with van der Waals surface area (Å²) in [5.41, 5.74) is -1.00. The van der Waals surface area contributed by atoms with Crippen LogP contribution in [0.25, 0.3) is 0 Å². The molecule has 1 rings (SSSR count). The van der Waals surface area contributed by atoms with Crippen LogP contribution >= 0.6 is 0 Å². The largest absolute Gasteiger partial charge is 0.476 e. The maximum atomic E-state index is 11.7. The Bertz CT molecular complexity index is 562. The first-order valence-electron chi connectivity index (χ1n) is 6.33. The van der Waals surface area contributed by atoms with Gasteiger partial charge in [0.15, 0.2) is 5.69 Å². The van der Waals surface area contributed by atoms with Crippen LogP contribution in [0.4, 0.5) is 4.79 Å². The van der Waals surface area contributed by atoms with Crippen molar-refractivity contribution in [2.75, 3.05) is 7.11 Å². The van der Waals surface area contributed by atoms with Crippen molar-refractivity contribution in [1.82, 2.24) is 20.3 Å². The van der Waals surface area contributed by atoms with Crippen LogP contribution in [0, 0.1) is 0 Å². The number of carboxylic acid groups (broad SMARTS) is 1. The van der Waals surface area contributed by atoms with E-state index in [1.165, 1.54) is 0 Å². The van der Waals surface area contributed by atoms with Gasteiger partial charge in [-0.3, -0.25) is 0 Å². The molecule has 0 fully saturated rings. The van der Waals surface area contributed by atoms with Crippen LogP contribution < -0.4 is 5.32 Å². The molecule has 0 aliphatic carbocycles. The van der Waals surface area contributed by atoms with Gasteiger partial charge in [-0.25, -0.2) is 19.1 Å². The number of carbonyl (C=O) groups excluding carboxylic acids is 2. The third-order valence-corrected chi connectivity index (χ3v) is 2.30. The fraction of sp³-hybridized carbons (Fsp3) is 0.583. The van der Waals surface area contributed by atoms with Gasteiger partial charge in [-0.15, -0.1) is 5.10 Å². The topological polar surface area (TPSA) is 133 Å². The van der Waals surface area contributed by atoms with E-state index >= 15 is 0 Å². The van der Waals surface area contributed by atoms with E-state index in [1.807, 2.05) is 0 Å². The fourth-order valence-corrected chi connectivity index (χ4v) is 1.44. The van der Waals surface area contributed by atoms with Crippen LogP contribution in [0.1, 0.15) is 31.3 Å². The molecule has 10 heteroatoms. The van der Waals surface area contributed by atoms with Gasteiger partial charge in [0.1, 0.15) is 11.6 Å². The first-order chi connectivity index (χ1) is 10.1. The van der Waals surface area contributed by atoms with Crippen molar-refractivity contribution in [2.45, 2.75) is 39.0 Å². The summed E-state index contributed by atoms with van der Waals surface area (Å²) in [4.78, 5) is 34.1. The SMILES string of the molecule is COC(=O)C(Cn1cc(C(=O)O)nn1)NC(=O)OC(C)(C)C. The number of hydrogen-bond acceptors (Lipinski definition) is 7. The molecule has 0 radical (unpaired) electrons. The predicted octanol–water partition coefficient (Wildman–Crippen LogP) is 0.0426. The summed E-state index contributed by atoms with van der Waals surface area (Å²) in [7, 11) is 1.16. The van der Waals surface area contributed by atoms with Crippen molar-refractivity contribution in [3.63, 3.8) is 0 Å². The molecule has 1 unspecified atom stereocenters. The molecular formula is C12H18N4O6. The Morgan fingerprint density at radius 2 is 2.05 bits per heavy atom. The molecule has 0 aromatic carbocycles. The minimum atomic E-state index is -1.25. The zero-order valence-electron chi connectivity index (χ0n) is 12.7. The minimum Gasteiger partial charge on any atom is -0.476 e. The van der Waals surface area contributed by atoms with E-state index in [2.05, 4.69) is 20.4 Å². The van der Waals surface area contributed by atoms with Gasteiger partial charge < -0.3 is 19.9 Å². The lowest BCUT2D eigenvalue weighted by Crippen LogP contribution is -2.46. The zero-order valence-corrected chi connectivity index (χ0v) is 12.7. The molecule has 1 heterocycles. The van der Waals surface area contributed by atoms with Crippen molar-refractivity contribution >= 4 is 18.0 Å². The summed E-state index contributed by atoms with van der Waals surface area (Å²) in [6.45, 7) is 4.88. The predicted molar refractivity (Wildman–Crippen MR) is 72.2 cm³/mol. The van der Waals surface area contributed by atoms with Crippen molar-refractivity contribution in [2.24, 2.45) is 0 Å². The molecule has 1 aromatic heterocycles. The third kappa shape index (κ3) is 5.38. The average Bonchev–Trinajstić information content (AvgIpc) is 2.83. The van der Waals surface area contributed by atoms with E-state index in [0.717, 1.165) is 18.0 Å². The minimum absolute atomic E-state index is 0.147. The van der Waals surface area contributed by atoms with Gasteiger partial charge in [0, 0.05) is 0 Å². The van der Waals surface area contributed by atoms with Crippen molar-refractivity contribution in [3.05, 3.63) is 11.9 Å². The van der Waals surface area contributed by atoms with E-state index in [9.17, 15) is 14.4 Å². The van der Waals surface area contributed by atoms with Crippen LogP contribution in [-0.2, 0) is 20.8 Å². The number of aromatic carboxylic acids is 1. The smallest absolute Gasteiger partial charge is 0.408 e. The molecule has 0 aliphatic heterocycles. The lowest BCUT2D eigenvalue weighted by molar-refractivity contribution is -0.143. The van der Waals surface area contributed by atoms with Crippen LogP contribution in [-0.4, -0.2) is 56.9 Å². The molecule has 2 N–H and O–H groups in total. The van der Waals surface area contributed by atoms with Gasteiger partial charge in [-0.1, -0.05) is 5.21 Å². The second kappa shape index (κ2) is 6.87. The highest BCUT2D eigenvalue weighted by atomic mass is 16.6. The number of amides is 1. The highest BCUT2D eigenvalue weighted by molar-refractivity contribution is 5.84. The number of esters is 1. The number of methoxy groups -OCH3 is 1. The molecule has 0 spiro atoms. The van der Waals surface area contributed by atoms with E-state index < -0.39 is 29.7 Å². The molecule has 22 heavy (non-hydrogen) atoms. The first-order valence-corrected chi connectivity index (χ1v) is 6.33. The van der Waals surface area contributed by atoms with Gasteiger partial charge in [-0.2, -0.15) is 0 Å². The second-order valence-electron chi connectivity index (χ2n) is 5.35. The highest BCUT2D eigenvalue weighted by Crippen LogP contribution is 2.07. The van der Waals surface area contributed by atoms with Gasteiger partial charge >= 0.3 is 18.0 Å². The number of carboxylic acids is 1. The monoisotopic (exact) mass is 314 g/mol. The molecule has 1 amide bonds. The normalized spacial score (nSPS) is 12.4. The summed E-state index contributed by atoms with van der Waals surface area (Å²) in [6.07, 6.45) is 0.330. The van der Waals surface area contributed by atoms with Crippen molar-refractivity contribution in [1.29, 1.82) is 0 Å². The Labute approximate surface area is 126 Å². The van der Waals surface area contributed by atoms with E-state index in [-0.39, 0.29) is 12.2 Å². The van der Waals surface area contributed by atoms with E-state index in [4.69, 9.17) is 9.84 Å². The Kier molecular flexibility index (Phi) is 5.44. The van der Waals surface area contributed by atoms with Crippen LogP contribution in [0.15, 0.2) is 6.20 Å². The molecule has 0 bridgehead atoms. The van der Waals surface area contributed by atoms with Crippen LogP contribution in [0.5, 0.6) is 0 Å². The zero-order chi connectivity index (χ0) is 16.9. The third-order valence-electron chi connectivity index (χ3n) is 2.30. The summed E-state index contributed by atoms with van der Waals surface area (Å²) in [5, 5.41) is 18.1.